The Morgan fingerprint density at radius 3 is 2.21 bits per heavy atom. The Morgan fingerprint density at radius 1 is 0.792 bits per heavy atom. The maximum atomic E-state index is 11.7. The van der Waals surface area contributed by atoms with Crippen molar-refractivity contribution in [3.63, 3.8) is 0 Å². The molecule has 3 N–H and O–H groups in total. The van der Waals surface area contributed by atoms with Gasteiger partial charge >= 0.3 is 6.03 Å². The summed E-state index contributed by atoms with van der Waals surface area (Å²) in [6.45, 7) is 0.607. The number of amides is 3. The summed E-state index contributed by atoms with van der Waals surface area (Å²) in [6, 6.07) is 13.9. The summed E-state index contributed by atoms with van der Waals surface area (Å²) < 4.78 is 0. The average Bonchev–Trinajstić information content (AvgIpc) is 2.57. The number of carbonyl (C=O) groups is 2. The van der Waals surface area contributed by atoms with Crippen LogP contribution >= 0.6 is 23.2 Å². The number of urea groups is 1. The molecule has 0 bridgehead atoms. The van der Waals surface area contributed by atoms with Gasteiger partial charge in [-0.3, -0.25) is 4.79 Å². The lowest BCUT2D eigenvalue weighted by Crippen LogP contribution is -2.41. The van der Waals surface area contributed by atoms with E-state index in [1.165, 1.54) is 0 Å². The Kier molecular flexibility index (Phi) is 6.90. The summed E-state index contributed by atoms with van der Waals surface area (Å²) in [7, 11) is 0. The van der Waals surface area contributed by atoms with E-state index in [1.54, 1.807) is 24.3 Å². The van der Waals surface area contributed by atoms with Gasteiger partial charge in [0.1, 0.15) is 0 Å². The van der Waals surface area contributed by atoms with Gasteiger partial charge in [-0.05, 0) is 35.4 Å². The fourth-order valence-electron chi connectivity index (χ4n) is 1.92. The molecule has 0 aliphatic carbocycles. The van der Waals surface area contributed by atoms with Gasteiger partial charge in [0, 0.05) is 23.1 Å². The van der Waals surface area contributed by atoms with Crippen LogP contribution in [-0.2, 0) is 17.9 Å². The highest BCUT2D eigenvalue weighted by Crippen LogP contribution is 2.10. The van der Waals surface area contributed by atoms with E-state index >= 15 is 0 Å². The topological polar surface area (TPSA) is 70.2 Å². The van der Waals surface area contributed by atoms with Crippen molar-refractivity contribution in [2.75, 3.05) is 6.54 Å². The maximum Gasteiger partial charge on any atom is 0.315 e. The second-order valence-corrected chi connectivity index (χ2v) is 5.94. The van der Waals surface area contributed by atoms with E-state index in [1.807, 2.05) is 24.3 Å². The van der Waals surface area contributed by atoms with Crippen molar-refractivity contribution >= 4 is 35.1 Å². The summed E-state index contributed by atoms with van der Waals surface area (Å²) >= 11 is 11.7. The molecule has 0 spiro atoms. The molecular formula is C17H17Cl2N3O2. The van der Waals surface area contributed by atoms with Gasteiger partial charge in [-0.2, -0.15) is 0 Å². The molecule has 2 aromatic rings. The van der Waals surface area contributed by atoms with E-state index in [0.717, 1.165) is 11.1 Å². The summed E-state index contributed by atoms with van der Waals surface area (Å²) in [5.41, 5.74) is 1.81. The highest BCUT2D eigenvalue weighted by Gasteiger charge is 2.05. The summed E-state index contributed by atoms with van der Waals surface area (Å²) in [5.74, 6) is -0.275. The standard InChI is InChI=1S/C17H17Cl2N3O2/c18-14-6-4-12(5-7-14)9-20-16(23)11-22-17(24)21-10-13-2-1-3-15(19)8-13/h1-8H,9-11H2,(H,20,23)(H2,21,22,24). The number of rotatable bonds is 6. The molecule has 0 saturated heterocycles. The molecule has 0 aliphatic heterocycles. The minimum absolute atomic E-state index is 0.102. The first-order valence-corrected chi connectivity index (χ1v) is 8.06. The van der Waals surface area contributed by atoms with Gasteiger partial charge in [-0.15, -0.1) is 0 Å². The third-order valence-electron chi connectivity index (χ3n) is 3.15. The molecule has 5 nitrogen and oxygen atoms in total. The Labute approximate surface area is 150 Å². The van der Waals surface area contributed by atoms with Gasteiger partial charge in [0.25, 0.3) is 0 Å². The largest absolute Gasteiger partial charge is 0.350 e. The Morgan fingerprint density at radius 2 is 1.50 bits per heavy atom. The van der Waals surface area contributed by atoms with Gasteiger partial charge in [-0.25, -0.2) is 4.79 Å². The van der Waals surface area contributed by atoms with Crippen molar-refractivity contribution in [1.29, 1.82) is 0 Å². The van der Waals surface area contributed by atoms with E-state index in [-0.39, 0.29) is 12.5 Å². The average molecular weight is 366 g/mol. The van der Waals surface area contributed by atoms with Gasteiger partial charge < -0.3 is 16.0 Å². The molecule has 3 amide bonds. The van der Waals surface area contributed by atoms with Gasteiger partial charge in [-0.1, -0.05) is 47.5 Å². The highest BCUT2D eigenvalue weighted by molar-refractivity contribution is 6.30. The normalized spacial score (nSPS) is 10.1. The van der Waals surface area contributed by atoms with Crippen LogP contribution in [0.2, 0.25) is 10.0 Å². The van der Waals surface area contributed by atoms with Crippen LogP contribution in [0, 0.1) is 0 Å². The molecule has 0 saturated carbocycles. The van der Waals surface area contributed by atoms with E-state index in [0.29, 0.717) is 23.1 Å². The van der Waals surface area contributed by atoms with Gasteiger partial charge in [0.15, 0.2) is 0 Å². The molecule has 0 aliphatic rings. The molecule has 2 aromatic carbocycles. The molecule has 0 fully saturated rings. The number of hydrogen-bond donors (Lipinski definition) is 3. The Bertz CT molecular complexity index is 705. The van der Waals surface area contributed by atoms with Gasteiger partial charge in [0.05, 0.1) is 6.54 Å². The predicted molar refractivity (Wildman–Crippen MR) is 95.0 cm³/mol. The first kappa shape index (κ1) is 18.1. The maximum absolute atomic E-state index is 11.7. The summed E-state index contributed by atoms with van der Waals surface area (Å²) in [6.07, 6.45) is 0. The molecule has 126 valence electrons. The van der Waals surface area contributed by atoms with Crippen molar-refractivity contribution in [1.82, 2.24) is 16.0 Å². The van der Waals surface area contributed by atoms with E-state index in [2.05, 4.69) is 16.0 Å². The second kappa shape index (κ2) is 9.15. The number of benzene rings is 2. The first-order valence-electron chi connectivity index (χ1n) is 7.30. The highest BCUT2D eigenvalue weighted by atomic mass is 35.5. The van der Waals surface area contributed by atoms with Crippen LogP contribution in [0.5, 0.6) is 0 Å². The lowest BCUT2D eigenvalue weighted by atomic mass is 10.2. The smallest absolute Gasteiger partial charge is 0.315 e. The Hall–Kier alpha value is -2.24. The van der Waals surface area contributed by atoms with E-state index in [4.69, 9.17) is 23.2 Å². The van der Waals surface area contributed by atoms with E-state index in [9.17, 15) is 9.59 Å². The van der Waals surface area contributed by atoms with Crippen molar-refractivity contribution < 1.29 is 9.59 Å². The molecule has 7 heteroatoms. The van der Waals surface area contributed by atoms with Crippen LogP contribution in [0.1, 0.15) is 11.1 Å². The molecule has 2 rings (SSSR count). The summed E-state index contributed by atoms with van der Waals surface area (Å²) in [4.78, 5) is 23.4. The molecule has 0 atom stereocenters. The lowest BCUT2D eigenvalue weighted by Gasteiger charge is -2.09. The zero-order valence-electron chi connectivity index (χ0n) is 12.8. The van der Waals surface area contributed by atoms with Crippen molar-refractivity contribution in [3.05, 3.63) is 69.7 Å². The van der Waals surface area contributed by atoms with Crippen LogP contribution in [0.15, 0.2) is 48.5 Å². The van der Waals surface area contributed by atoms with Crippen molar-refractivity contribution in [2.45, 2.75) is 13.1 Å². The Balaban J connectivity index is 1.65. The quantitative estimate of drug-likeness (QED) is 0.735. The molecule has 0 radical (unpaired) electrons. The second-order valence-electron chi connectivity index (χ2n) is 5.07. The third kappa shape index (κ3) is 6.48. The van der Waals surface area contributed by atoms with Crippen LogP contribution in [0.3, 0.4) is 0 Å². The number of hydrogen-bond acceptors (Lipinski definition) is 2. The number of halogens is 2. The van der Waals surface area contributed by atoms with Crippen LogP contribution in [-0.4, -0.2) is 18.5 Å². The monoisotopic (exact) mass is 365 g/mol. The van der Waals surface area contributed by atoms with Crippen molar-refractivity contribution in [2.24, 2.45) is 0 Å². The number of carbonyl (C=O) groups excluding carboxylic acids is 2. The molecular weight excluding hydrogens is 349 g/mol. The zero-order valence-corrected chi connectivity index (χ0v) is 14.3. The SMILES string of the molecule is O=C(CNC(=O)NCc1cccc(Cl)c1)NCc1ccc(Cl)cc1. The third-order valence-corrected chi connectivity index (χ3v) is 3.64. The van der Waals surface area contributed by atoms with Crippen LogP contribution in [0.4, 0.5) is 4.79 Å². The number of nitrogens with one attached hydrogen (secondary N) is 3. The minimum Gasteiger partial charge on any atom is -0.350 e. The van der Waals surface area contributed by atoms with Crippen LogP contribution < -0.4 is 16.0 Å². The van der Waals surface area contributed by atoms with Crippen molar-refractivity contribution in [3.8, 4) is 0 Å². The minimum atomic E-state index is -0.420. The fourth-order valence-corrected chi connectivity index (χ4v) is 2.26. The molecule has 0 unspecified atom stereocenters. The molecule has 0 aromatic heterocycles. The predicted octanol–water partition coefficient (Wildman–Crippen LogP) is 3.11. The first-order chi connectivity index (χ1) is 11.5. The van der Waals surface area contributed by atoms with Gasteiger partial charge in [0.2, 0.25) is 5.91 Å². The zero-order chi connectivity index (χ0) is 17.4. The molecule has 0 heterocycles. The van der Waals surface area contributed by atoms with E-state index < -0.39 is 6.03 Å². The molecule has 24 heavy (non-hydrogen) atoms. The summed E-state index contributed by atoms with van der Waals surface area (Å²) in [5, 5.41) is 9.12. The fraction of sp³-hybridized carbons (Fsp3) is 0.176. The lowest BCUT2D eigenvalue weighted by molar-refractivity contribution is -0.120. The van der Waals surface area contributed by atoms with Crippen LogP contribution in [0.25, 0.3) is 0 Å².